The Kier molecular flexibility index (Phi) is 5.06. The highest BCUT2D eigenvalue weighted by atomic mass is 32.2. The molecule has 0 aromatic heterocycles. The van der Waals surface area contributed by atoms with E-state index in [2.05, 4.69) is 5.32 Å². The fourth-order valence-corrected chi connectivity index (χ4v) is 3.21. The number of carbonyl (C=O) groups is 2. The molecule has 1 aliphatic heterocycles. The molecule has 1 heterocycles. The average Bonchev–Trinajstić information content (AvgIpc) is 2.60. The molecule has 0 aliphatic carbocycles. The summed E-state index contributed by atoms with van der Waals surface area (Å²) in [5, 5.41) is 7.81. The molecular weight excluding hydrogens is 318 g/mol. The molecule has 0 saturated heterocycles. The number of primary sulfonamides is 1. The van der Waals surface area contributed by atoms with Gasteiger partial charge in [0.2, 0.25) is 21.8 Å². The van der Waals surface area contributed by atoms with Crippen LogP contribution in [0.3, 0.4) is 0 Å². The van der Waals surface area contributed by atoms with Gasteiger partial charge in [-0.3, -0.25) is 9.59 Å². The van der Waals surface area contributed by atoms with Crippen LogP contribution in [-0.4, -0.2) is 36.9 Å². The minimum Gasteiger partial charge on any atom is -0.325 e. The van der Waals surface area contributed by atoms with Crippen molar-refractivity contribution in [3.05, 3.63) is 29.8 Å². The second-order valence-corrected chi connectivity index (χ2v) is 7.42. The quantitative estimate of drug-likeness (QED) is 0.840. The molecule has 3 N–H and O–H groups in total. The number of amides is 2. The lowest BCUT2D eigenvalue weighted by molar-refractivity contribution is -0.138. The standard InChI is InChI=1S/C15H21N3O4S/c1-3-10(2)14-15(20)17-12-7-5-4-6-11(12)8-18(14)13(19)9-23(16,21)22/h4-7,10,14H,3,8-9H2,1-2H3,(H,17,20)(H2,16,21,22). The lowest BCUT2D eigenvalue weighted by Gasteiger charge is -2.32. The lowest BCUT2D eigenvalue weighted by Crippen LogP contribution is -2.50. The van der Waals surface area contributed by atoms with Crippen molar-refractivity contribution < 1.29 is 18.0 Å². The minimum absolute atomic E-state index is 0.117. The van der Waals surface area contributed by atoms with E-state index in [1.807, 2.05) is 13.8 Å². The maximum Gasteiger partial charge on any atom is 0.247 e. The molecule has 2 rings (SSSR count). The minimum atomic E-state index is -3.96. The highest BCUT2D eigenvalue weighted by Gasteiger charge is 2.37. The molecular formula is C15H21N3O4S. The highest BCUT2D eigenvalue weighted by molar-refractivity contribution is 7.89. The van der Waals surface area contributed by atoms with Gasteiger partial charge in [0.1, 0.15) is 11.8 Å². The van der Waals surface area contributed by atoms with Crippen molar-refractivity contribution >= 4 is 27.5 Å². The van der Waals surface area contributed by atoms with E-state index < -0.39 is 27.7 Å². The monoisotopic (exact) mass is 339 g/mol. The van der Waals surface area contributed by atoms with Crippen molar-refractivity contribution in [2.45, 2.75) is 32.9 Å². The molecule has 8 heteroatoms. The molecule has 1 aliphatic rings. The van der Waals surface area contributed by atoms with Gasteiger partial charge in [0.05, 0.1) is 0 Å². The Morgan fingerprint density at radius 1 is 1.43 bits per heavy atom. The molecule has 1 aromatic carbocycles. The molecule has 1 aromatic rings. The van der Waals surface area contributed by atoms with E-state index in [4.69, 9.17) is 5.14 Å². The molecule has 23 heavy (non-hydrogen) atoms. The summed E-state index contributed by atoms with van der Waals surface area (Å²) in [7, 11) is -3.96. The van der Waals surface area contributed by atoms with Gasteiger partial charge in [-0.2, -0.15) is 0 Å². The van der Waals surface area contributed by atoms with Crippen molar-refractivity contribution in [2.75, 3.05) is 11.1 Å². The number of nitrogens with one attached hydrogen (secondary N) is 1. The van der Waals surface area contributed by atoms with Crippen LogP contribution in [0, 0.1) is 5.92 Å². The third-order valence-electron chi connectivity index (χ3n) is 4.05. The smallest absolute Gasteiger partial charge is 0.247 e. The first-order valence-electron chi connectivity index (χ1n) is 7.41. The predicted octanol–water partition coefficient (Wildman–Crippen LogP) is 0.671. The van der Waals surface area contributed by atoms with Crippen LogP contribution in [0.4, 0.5) is 5.69 Å². The molecule has 2 atom stereocenters. The average molecular weight is 339 g/mol. The van der Waals surface area contributed by atoms with Gasteiger partial charge in [-0.15, -0.1) is 0 Å². The van der Waals surface area contributed by atoms with Gasteiger partial charge in [0.15, 0.2) is 0 Å². The maximum atomic E-state index is 12.6. The van der Waals surface area contributed by atoms with Crippen LogP contribution in [0.2, 0.25) is 0 Å². The van der Waals surface area contributed by atoms with Crippen molar-refractivity contribution in [3.8, 4) is 0 Å². The third kappa shape index (κ3) is 4.08. The zero-order valence-electron chi connectivity index (χ0n) is 13.2. The molecule has 0 bridgehead atoms. The number of hydrogen-bond acceptors (Lipinski definition) is 4. The SMILES string of the molecule is CCC(C)C1C(=O)Nc2ccccc2CN1C(=O)CS(N)(=O)=O. The number of sulfonamides is 1. The number of carbonyl (C=O) groups excluding carboxylic acids is 2. The zero-order chi connectivity index (χ0) is 17.2. The van der Waals surface area contributed by atoms with Crippen LogP contribution in [0.25, 0.3) is 0 Å². The fraction of sp³-hybridized carbons (Fsp3) is 0.467. The van der Waals surface area contributed by atoms with Gasteiger partial charge >= 0.3 is 0 Å². The molecule has 2 unspecified atom stereocenters. The number of fused-ring (bicyclic) bond motifs is 1. The number of nitrogens with two attached hydrogens (primary N) is 1. The summed E-state index contributed by atoms with van der Waals surface area (Å²) in [5.41, 5.74) is 1.39. The Bertz CT molecular complexity index is 717. The summed E-state index contributed by atoms with van der Waals surface area (Å²) in [4.78, 5) is 26.3. The van der Waals surface area contributed by atoms with Gasteiger partial charge in [0, 0.05) is 12.2 Å². The fourth-order valence-electron chi connectivity index (χ4n) is 2.70. The summed E-state index contributed by atoms with van der Waals surface area (Å²) in [5.74, 6) is -1.90. The second-order valence-electron chi connectivity index (χ2n) is 5.81. The van der Waals surface area contributed by atoms with Crippen molar-refractivity contribution in [2.24, 2.45) is 11.1 Å². The maximum absolute atomic E-state index is 12.6. The van der Waals surface area contributed by atoms with Crippen LogP contribution < -0.4 is 10.5 Å². The van der Waals surface area contributed by atoms with E-state index in [-0.39, 0.29) is 18.4 Å². The number of nitrogens with zero attached hydrogens (tertiary/aromatic N) is 1. The Balaban J connectivity index is 2.43. The molecule has 0 spiro atoms. The Morgan fingerprint density at radius 3 is 2.70 bits per heavy atom. The number of anilines is 1. The van der Waals surface area contributed by atoms with E-state index in [9.17, 15) is 18.0 Å². The summed E-state index contributed by atoms with van der Waals surface area (Å²) in [6.45, 7) is 3.94. The highest BCUT2D eigenvalue weighted by Crippen LogP contribution is 2.27. The van der Waals surface area contributed by atoms with Crippen LogP contribution in [0.5, 0.6) is 0 Å². The van der Waals surface area contributed by atoms with E-state index >= 15 is 0 Å². The van der Waals surface area contributed by atoms with Crippen molar-refractivity contribution in [1.82, 2.24) is 4.90 Å². The van der Waals surface area contributed by atoms with Crippen molar-refractivity contribution in [1.29, 1.82) is 0 Å². The predicted molar refractivity (Wildman–Crippen MR) is 86.8 cm³/mol. The van der Waals surface area contributed by atoms with Gasteiger partial charge in [-0.1, -0.05) is 38.5 Å². The van der Waals surface area contributed by atoms with Gasteiger partial charge < -0.3 is 10.2 Å². The summed E-state index contributed by atoms with van der Waals surface area (Å²) < 4.78 is 22.5. The Labute approximate surface area is 135 Å². The summed E-state index contributed by atoms with van der Waals surface area (Å²) in [6.07, 6.45) is 0.674. The number of para-hydroxylation sites is 1. The zero-order valence-corrected chi connectivity index (χ0v) is 14.0. The van der Waals surface area contributed by atoms with Crippen LogP contribution in [0.15, 0.2) is 24.3 Å². The Morgan fingerprint density at radius 2 is 2.09 bits per heavy atom. The number of rotatable bonds is 4. The molecule has 0 saturated carbocycles. The van der Waals surface area contributed by atoms with Gasteiger partial charge in [-0.25, -0.2) is 13.6 Å². The van der Waals surface area contributed by atoms with Crippen LogP contribution in [-0.2, 0) is 26.2 Å². The molecule has 0 fully saturated rings. The van der Waals surface area contributed by atoms with E-state index in [1.54, 1.807) is 24.3 Å². The number of hydrogen-bond donors (Lipinski definition) is 2. The first-order valence-corrected chi connectivity index (χ1v) is 9.13. The topological polar surface area (TPSA) is 110 Å². The van der Waals surface area contributed by atoms with E-state index in [0.717, 1.165) is 5.56 Å². The van der Waals surface area contributed by atoms with Gasteiger partial charge in [-0.05, 0) is 17.5 Å². The van der Waals surface area contributed by atoms with Crippen LogP contribution in [0.1, 0.15) is 25.8 Å². The molecule has 126 valence electrons. The first-order chi connectivity index (χ1) is 10.7. The summed E-state index contributed by atoms with van der Waals surface area (Å²) >= 11 is 0. The lowest BCUT2D eigenvalue weighted by atomic mass is 9.96. The van der Waals surface area contributed by atoms with Gasteiger partial charge in [0.25, 0.3) is 0 Å². The Hall–Kier alpha value is -1.93. The largest absolute Gasteiger partial charge is 0.325 e. The molecule has 0 radical (unpaired) electrons. The number of benzene rings is 1. The van der Waals surface area contributed by atoms with E-state index in [1.165, 1.54) is 4.90 Å². The summed E-state index contributed by atoms with van der Waals surface area (Å²) in [6, 6.07) is 6.41. The first kappa shape index (κ1) is 17.4. The molecule has 7 nitrogen and oxygen atoms in total. The normalized spacial score (nSPS) is 19.5. The van der Waals surface area contributed by atoms with Crippen LogP contribution >= 0.6 is 0 Å². The second kappa shape index (κ2) is 6.67. The van der Waals surface area contributed by atoms with Crippen molar-refractivity contribution in [3.63, 3.8) is 0 Å². The van der Waals surface area contributed by atoms with E-state index in [0.29, 0.717) is 12.1 Å². The molecule has 2 amide bonds. The third-order valence-corrected chi connectivity index (χ3v) is 4.70.